The third-order valence-corrected chi connectivity index (χ3v) is 3.37. The molecule has 0 amide bonds. The highest BCUT2D eigenvalue weighted by molar-refractivity contribution is 5.67. The van der Waals surface area contributed by atoms with E-state index in [0.717, 1.165) is 19.3 Å². The summed E-state index contributed by atoms with van der Waals surface area (Å²) in [6.45, 7) is 2.00. The lowest BCUT2D eigenvalue weighted by Crippen LogP contribution is -2.20. The van der Waals surface area contributed by atoms with Crippen LogP contribution in [0.2, 0.25) is 0 Å². The van der Waals surface area contributed by atoms with E-state index in [1.807, 2.05) is 6.92 Å². The molecule has 0 saturated heterocycles. The quantitative estimate of drug-likeness (QED) is 0.393. The predicted octanol–water partition coefficient (Wildman–Crippen LogP) is 3.64. The molecule has 0 aromatic heterocycles. The van der Waals surface area contributed by atoms with Crippen LogP contribution >= 0.6 is 0 Å². The Balaban J connectivity index is 3.34. The fraction of sp³-hybridized carbons (Fsp3) is 0.824. The highest BCUT2D eigenvalue weighted by Crippen LogP contribution is 2.11. The Bertz CT molecular complexity index is 304. The van der Waals surface area contributed by atoms with Gasteiger partial charge in [0.2, 0.25) is 0 Å². The molecule has 21 heavy (non-hydrogen) atoms. The van der Waals surface area contributed by atoms with Gasteiger partial charge >= 0.3 is 5.97 Å². The molecule has 0 saturated carbocycles. The summed E-state index contributed by atoms with van der Waals surface area (Å²) in [4.78, 5) is 10.3. The summed E-state index contributed by atoms with van der Waals surface area (Å²) < 4.78 is 10.3. The zero-order valence-electron chi connectivity index (χ0n) is 13.5. The lowest BCUT2D eigenvalue weighted by molar-refractivity contribution is -0.143. The third-order valence-electron chi connectivity index (χ3n) is 3.37. The van der Waals surface area contributed by atoms with E-state index in [2.05, 4.69) is 11.8 Å². The minimum Gasteiger partial charge on any atom is -0.480 e. The molecule has 0 radical (unpaired) electrons. The first-order chi connectivity index (χ1) is 10.2. The fourth-order valence-corrected chi connectivity index (χ4v) is 2.14. The van der Waals surface area contributed by atoms with Crippen LogP contribution in [0.1, 0.15) is 64.7 Å². The van der Waals surface area contributed by atoms with Gasteiger partial charge in [0.15, 0.2) is 0 Å². The zero-order chi connectivity index (χ0) is 15.8. The average molecular weight is 298 g/mol. The van der Waals surface area contributed by atoms with E-state index in [4.69, 9.17) is 14.6 Å². The molecule has 0 aromatic carbocycles. The number of carbonyl (C=O) groups is 1. The van der Waals surface area contributed by atoms with Gasteiger partial charge in [0.1, 0.15) is 6.61 Å². The zero-order valence-corrected chi connectivity index (χ0v) is 13.5. The van der Waals surface area contributed by atoms with Crippen molar-refractivity contribution in [1.29, 1.82) is 0 Å². The van der Waals surface area contributed by atoms with Gasteiger partial charge in [0, 0.05) is 13.5 Å². The molecule has 1 atom stereocenters. The third kappa shape index (κ3) is 15.2. The number of rotatable bonds is 14. The van der Waals surface area contributed by atoms with Gasteiger partial charge < -0.3 is 14.6 Å². The lowest BCUT2D eigenvalue weighted by atomic mass is 10.1. The van der Waals surface area contributed by atoms with Gasteiger partial charge in [0.25, 0.3) is 0 Å². The number of carboxylic acids is 1. The second-order valence-corrected chi connectivity index (χ2v) is 5.21. The summed E-state index contributed by atoms with van der Waals surface area (Å²) in [5.41, 5.74) is 0. The molecule has 1 N–H and O–H groups in total. The largest absolute Gasteiger partial charge is 0.480 e. The van der Waals surface area contributed by atoms with Crippen molar-refractivity contribution in [2.75, 3.05) is 20.3 Å². The SMILES string of the molecule is CC#CCCCCCCCCCC(COCC(=O)O)OC. The van der Waals surface area contributed by atoms with E-state index >= 15 is 0 Å². The maximum absolute atomic E-state index is 10.3. The van der Waals surface area contributed by atoms with Crippen molar-refractivity contribution in [3.63, 3.8) is 0 Å². The van der Waals surface area contributed by atoms with Crippen LogP contribution in [0.5, 0.6) is 0 Å². The number of unbranched alkanes of at least 4 members (excludes halogenated alkanes) is 7. The van der Waals surface area contributed by atoms with Crippen LogP contribution in [0.3, 0.4) is 0 Å². The van der Waals surface area contributed by atoms with Crippen molar-refractivity contribution in [1.82, 2.24) is 0 Å². The molecule has 0 rings (SSSR count). The molecule has 0 aliphatic rings. The lowest BCUT2D eigenvalue weighted by Gasteiger charge is -2.14. The van der Waals surface area contributed by atoms with Crippen LogP contribution in [0.4, 0.5) is 0 Å². The van der Waals surface area contributed by atoms with Crippen LogP contribution < -0.4 is 0 Å². The Hall–Kier alpha value is -1.05. The summed E-state index contributed by atoms with van der Waals surface area (Å²) in [6.07, 6.45) is 10.6. The van der Waals surface area contributed by atoms with Crippen molar-refractivity contribution >= 4 is 5.97 Å². The maximum atomic E-state index is 10.3. The number of methoxy groups -OCH3 is 1. The van der Waals surface area contributed by atoms with Crippen molar-refractivity contribution in [3.8, 4) is 11.8 Å². The number of carboxylic acid groups (broad SMARTS) is 1. The molecule has 1 unspecified atom stereocenters. The van der Waals surface area contributed by atoms with Crippen LogP contribution in [0.15, 0.2) is 0 Å². The average Bonchev–Trinajstić information content (AvgIpc) is 2.47. The smallest absolute Gasteiger partial charge is 0.329 e. The minimum absolute atomic E-state index is 0.0111. The summed E-state index contributed by atoms with van der Waals surface area (Å²) in [5, 5.41) is 8.49. The van der Waals surface area contributed by atoms with Gasteiger partial charge in [0.05, 0.1) is 12.7 Å². The van der Waals surface area contributed by atoms with Crippen LogP contribution in [-0.2, 0) is 14.3 Å². The molecule has 0 aliphatic carbocycles. The van der Waals surface area contributed by atoms with E-state index in [1.165, 1.54) is 38.5 Å². The van der Waals surface area contributed by atoms with Crippen LogP contribution in [0, 0.1) is 11.8 Å². The molecule has 4 nitrogen and oxygen atoms in total. The van der Waals surface area contributed by atoms with Gasteiger partial charge in [-0.1, -0.05) is 38.5 Å². The Morgan fingerprint density at radius 3 is 2.29 bits per heavy atom. The number of ether oxygens (including phenoxy) is 2. The number of aliphatic carboxylic acids is 1. The second-order valence-electron chi connectivity index (χ2n) is 5.21. The molecular formula is C17H30O4. The molecule has 122 valence electrons. The normalized spacial score (nSPS) is 11.7. The van der Waals surface area contributed by atoms with Crippen LogP contribution in [0.25, 0.3) is 0 Å². The van der Waals surface area contributed by atoms with Gasteiger partial charge in [-0.25, -0.2) is 4.79 Å². The Morgan fingerprint density at radius 2 is 1.71 bits per heavy atom. The van der Waals surface area contributed by atoms with Gasteiger partial charge in [-0.3, -0.25) is 0 Å². The first kappa shape index (κ1) is 19.9. The second kappa shape index (κ2) is 15.3. The topological polar surface area (TPSA) is 55.8 Å². The monoisotopic (exact) mass is 298 g/mol. The van der Waals surface area contributed by atoms with E-state index in [1.54, 1.807) is 7.11 Å². The van der Waals surface area contributed by atoms with E-state index in [9.17, 15) is 4.79 Å². The molecule has 0 heterocycles. The van der Waals surface area contributed by atoms with Crippen LogP contribution in [-0.4, -0.2) is 37.5 Å². The molecule has 0 aromatic rings. The Morgan fingerprint density at radius 1 is 1.10 bits per heavy atom. The summed E-state index contributed by atoms with van der Waals surface area (Å²) in [5.74, 6) is 5.07. The summed E-state index contributed by atoms with van der Waals surface area (Å²) >= 11 is 0. The highest BCUT2D eigenvalue weighted by Gasteiger charge is 2.08. The summed E-state index contributed by atoms with van der Waals surface area (Å²) in [6, 6.07) is 0. The standard InChI is InChI=1S/C17H30O4/c1-3-4-5-6-7-8-9-10-11-12-13-16(20-2)14-21-15-17(18)19/h16H,5-15H2,1-2H3,(H,18,19). The first-order valence-corrected chi connectivity index (χ1v) is 7.92. The van der Waals surface area contributed by atoms with Gasteiger partial charge in [-0.15, -0.1) is 11.8 Å². The van der Waals surface area contributed by atoms with Gasteiger partial charge in [-0.2, -0.15) is 0 Å². The predicted molar refractivity (Wildman–Crippen MR) is 84.3 cm³/mol. The van der Waals surface area contributed by atoms with E-state index < -0.39 is 5.97 Å². The first-order valence-electron chi connectivity index (χ1n) is 7.92. The van der Waals surface area contributed by atoms with Crippen molar-refractivity contribution in [2.24, 2.45) is 0 Å². The van der Waals surface area contributed by atoms with Crippen molar-refractivity contribution in [3.05, 3.63) is 0 Å². The molecule has 0 spiro atoms. The summed E-state index contributed by atoms with van der Waals surface area (Å²) in [7, 11) is 1.65. The minimum atomic E-state index is -0.935. The Kier molecular flexibility index (Phi) is 14.6. The number of hydrogen-bond acceptors (Lipinski definition) is 3. The molecular weight excluding hydrogens is 268 g/mol. The van der Waals surface area contributed by atoms with Crippen molar-refractivity contribution in [2.45, 2.75) is 70.8 Å². The fourth-order valence-electron chi connectivity index (χ4n) is 2.14. The Labute approximate surface area is 129 Å². The van der Waals surface area contributed by atoms with Gasteiger partial charge in [-0.05, 0) is 19.8 Å². The van der Waals surface area contributed by atoms with E-state index in [0.29, 0.717) is 6.61 Å². The maximum Gasteiger partial charge on any atom is 0.329 e. The molecule has 0 fully saturated rings. The van der Waals surface area contributed by atoms with Crippen molar-refractivity contribution < 1.29 is 19.4 Å². The number of hydrogen-bond donors (Lipinski definition) is 1. The van der Waals surface area contributed by atoms with E-state index in [-0.39, 0.29) is 12.7 Å². The molecule has 0 aliphatic heterocycles. The highest BCUT2D eigenvalue weighted by atomic mass is 16.5. The molecule has 0 bridgehead atoms. The molecule has 4 heteroatoms.